The van der Waals surface area contributed by atoms with E-state index >= 15 is 0 Å². The molecule has 1 heterocycles. The molecule has 3 aromatic rings. The molecule has 3 rings (SSSR count). The number of halogens is 3. The highest BCUT2D eigenvalue weighted by Crippen LogP contribution is 2.29. The van der Waals surface area contributed by atoms with Crippen molar-refractivity contribution in [3.63, 3.8) is 0 Å². The zero-order chi connectivity index (χ0) is 16.4. The van der Waals surface area contributed by atoms with Gasteiger partial charge in [-0.1, -0.05) is 18.2 Å². The molecule has 1 aromatic heterocycles. The van der Waals surface area contributed by atoms with Crippen molar-refractivity contribution in [2.45, 2.75) is 6.18 Å². The molecule has 0 aliphatic carbocycles. The van der Waals surface area contributed by atoms with Crippen LogP contribution in [-0.4, -0.2) is 10.9 Å². The molecule has 3 nitrogen and oxygen atoms in total. The summed E-state index contributed by atoms with van der Waals surface area (Å²) >= 11 is 0. The van der Waals surface area contributed by atoms with E-state index < -0.39 is 17.6 Å². The van der Waals surface area contributed by atoms with Gasteiger partial charge >= 0.3 is 6.18 Å². The molecule has 116 valence electrons. The third-order valence-electron chi connectivity index (χ3n) is 3.36. The summed E-state index contributed by atoms with van der Waals surface area (Å²) in [7, 11) is 0. The Balaban J connectivity index is 1.86. The lowest BCUT2D eigenvalue weighted by Crippen LogP contribution is -2.13. The molecule has 0 radical (unpaired) electrons. The summed E-state index contributed by atoms with van der Waals surface area (Å²) < 4.78 is 37.6. The number of pyridine rings is 1. The van der Waals surface area contributed by atoms with Crippen molar-refractivity contribution in [3.8, 4) is 0 Å². The van der Waals surface area contributed by atoms with Gasteiger partial charge < -0.3 is 5.32 Å². The Bertz CT molecular complexity index is 852. The van der Waals surface area contributed by atoms with Crippen LogP contribution < -0.4 is 5.32 Å². The maximum atomic E-state index is 12.5. The Hall–Kier alpha value is -2.89. The molecule has 0 aliphatic heterocycles. The molecule has 2 aromatic carbocycles. The van der Waals surface area contributed by atoms with Crippen LogP contribution in [0.15, 0.2) is 60.8 Å². The van der Waals surface area contributed by atoms with Crippen molar-refractivity contribution in [3.05, 3.63) is 71.9 Å². The fourth-order valence-electron chi connectivity index (χ4n) is 2.21. The minimum absolute atomic E-state index is 0.144. The van der Waals surface area contributed by atoms with Crippen molar-refractivity contribution in [2.75, 3.05) is 5.32 Å². The fraction of sp³-hybridized carbons (Fsp3) is 0.0588. The van der Waals surface area contributed by atoms with Crippen molar-refractivity contribution in [2.24, 2.45) is 0 Å². The molecule has 1 N–H and O–H groups in total. The van der Waals surface area contributed by atoms with E-state index in [2.05, 4.69) is 10.3 Å². The lowest BCUT2D eigenvalue weighted by molar-refractivity contribution is -0.137. The number of alkyl halides is 3. The number of fused-ring (bicyclic) bond motifs is 1. The Morgan fingerprint density at radius 2 is 1.65 bits per heavy atom. The second kappa shape index (κ2) is 5.72. The zero-order valence-electron chi connectivity index (χ0n) is 11.8. The summed E-state index contributed by atoms with van der Waals surface area (Å²) in [4.78, 5) is 16.4. The maximum absolute atomic E-state index is 12.5. The fourth-order valence-corrected chi connectivity index (χ4v) is 2.21. The first kappa shape index (κ1) is 15.0. The van der Waals surface area contributed by atoms with Crippen LogP contribution in [0.3, 0.4) is 0 Å². The van der Waals surface area contributed by atoms with Crippen LogP contribution in [0, 0.1) is 0 Å². The second-order valence-corrected chi connectivity index (χ2v) is 4.91. The number of amides is 1. The average molecular weight is 316 g/mol. The molecule has 0 fully saturated rings. The van der Waals surface area contributed by atoms with Crippen LogP contribution in [0.5, 0.6) is 0 Å². The Labute approximate surface area is 129 Å². The standard InChI is InChI=1S/C17H11F3N2O/c18-17(19,20)13-8-6-12(7-9-13)16(23)22-14-5-1-3-11-4-2-10-21-15(11)14/h1-10H,(H,22,23). The molecule has 0 bridgehead atoms. The highest BCUT2D eigenvalue weighted by Gasteiger charge is 2.30. The first-order valence-electron chi connectivity index (χ1n) is 6.77. The molecule has 23 heavy (non-hydrogen) atoms. The molecule has 0 saturated heterocycles. The van der Waals surface area contributed by atoms with Crippen LogP contribution in [0.2, 0.25) is 0 Å². The van der Waals surface area contributed by atoms with Gasteiger partial charge in [-0.3, -0.25) is 9.78 Å². The highest BCUT2D eigenvalue weighted by atomic mass is 19.4. The molecule has 0 aliphatic rings. The Morgan fingerprint density at radius 1 is 0.957 bits per heavy atom. The molecule has 0 spiro atoms. The summed E-state index contributed by atoms with van der Waals surface area (Å²) in [5, 5.41) is 3.54. The van der Waals surface area contributed by atoms with Gasteiger partial charge in [-0.25, -0.2) is 0 Å². The molecular formula is C17H11F3N2O. The van der Waals surface area contributed by atoms with Gasteiger partial charge in [0.25, 0.3) is 5.91 Å². The third kappa shape index (κ3) is 3.15. The lowest BCUT2D eigenvalue weighted by atomic mass is 10.1. The first-order valence-corrected chi connectivity index (χ1v) is 6.77. The number of carbonyl (C=O) groups is 1. The SMILES string of the molecule is O=C(Nc1cccc2cccnc12)c1ccc(C(F)(F)F)cc1. The summed E-state index contributed by atoms with van der Waals surface area (Å²) in [5.41, 5.74) is 0.482. The van der Waals surface area contributed by atoms with Gasteiger partial charge in [-0.15, -0.1) is 0 Å². The number of hydrogen-bond donors (Lipinski definition) is 1. The van der Waals surface area contributed by atoms with Gasteiger partial charge in [0, 0.05) is 17.1 Å². The molecule has 1 amide bonds. The maximum Gasteiger partial charge on any atom is 0.416 e. The lowest BCUT2D eigenvalue weighted by Gasteiger charge is -2.09. The Kier molecular flexibility index (Phi) is 3.73. The summed E-state index contributed by atoms with van der Waals surface area (Å²) in [5.74, 6) is -0.489. The van der Waals surface area contributed by atoms with Crippen molar-refractivity contribution < 1.29 is 18.0 Å². The number of carbonyl (C=O) groups excluding carboxylic acids is 1. The monoisotopic (exact) mass is 316 g/mol. The predicted octanol–water partition coefficient (Wildman–Crippen LogP) is 4.51. The van der Waals surface area contributed by atoms with E-state index in [0.717, 1.165) is 29.7 Å². The first-order chi connectivity index (χ1) is 10.9. The van der Waals surface area contributed by atoms with Crippen LogP contribution in [0.4, 0.5) is 18.9 Å². The molecule has 0 atom stereocenters. The number of benzene rings is 2. The molecular weight excluding hydrogens is 305 g/mol. The Morgan fingerprint density at radius 3 is 2.35 bits per heavy atom. The van der Waals surface area contributed by atoms with Crippen LogP contribution >= 0.6 is 0 Å². The van der Waals surface area contributed by atoms with E-state index in [1.54, 1.807) is 24.4 Å². The average Bonchev–Trinajstić information content (AvgIpc) is 2.54. The van der Waals surface area contributed by atoms with Crippen molar-refractivity contribution in [1.29, 1.82) is 0 Å². The van der Waals surface area contributed by atoms with Crippen molar-refractivity contribution in [1.82, 2.24) is 4.98 Å². The smallest absolute Gasteiger partial charge is 0.320 e. The number of para-hydroxylation sites is 1. The van der Waals surface area contributed by atoms with E-state index in [-0.39, 0.29) is 5.56 Å². The quantitative estimate of drug-likeness (QED) is 0.756. The molecule has 6 heteroatoms. The number of hydrogen-bond acceptors (Lipinski definition) is 2. The zero-order valence-corrected chi connectivity index (χ0v) is 11.8. The largest absolute Gasteiger partial charge is 0.416 e. The minimum atomic E-state index is -4.42. The van der Waals surface area contributed by atoms with Gasteiger partial charge in [-0.2, -0.15) is 13.2 Å². The normalized spacial score (nSPS) is 11.4. The van der Waals surface area contributed by atoms with Crippen molar-refractivity contribution >= 4 is 22.5 Å². The van der Waals surface area contributed by atoms with Crippen LogP contribution in [-0.2, 0) is 6.18 Å². The number of aromatic nitrogens is 1. The summed E-state index contributed by atoms with van der Waals surface area (Å²) in [6, 6.07) is 13.0. The van der Waals surface area contributed by atoms with E-state index in [9.17, 15) is 18.0 Å². The molecule has 0 unspecified atom stereocenters. The highest BCUT2D eigenvalue weighted by molar-refractivity contribution is 6.08. The van der Waals surface area contributed by atoms with Gasteiger partial charge in [0.2, 0.25) is 0 Å². The van der Waals surface area contributed by atoms with E-state index in [1.165, 1.54) is 0 Å². The van der Waals surface area contributed by atoms with Gasteiger partial charge in [0.15, 0.2) is 0 Å². The summed E-state index contributed by atoms with van der Waals surface area (Å²) in [6.07, 6.45) is -2.81. The van der Waals surface area contributed by atoms with Gasteiger partial charge in [0.1, 0.15) is 0 Å². The van der Waals surface area contributed by atoms with E-state index in [4.69, 9.17) is 0 Å². The minimum Gasteiger partial charge on any atom is -0.320 e. The number of nitrogens with one attached hydrogen (secondary N) is 1. The number of anilines is 1. The number of rotatable bonds is 2. The topological polar surface area (TPSA) is 42.0 Å². The predicted molar refractivity (Wildman–Crippen MR) is 81.1 cm³/mol. The van der Waals surface area contributed by atoms with Gasteiger partial charge in [0.05, 0.1) is 16.8 Å². The third-order valence-corrected chi connectivity index (χ3v) is 3.36. The van der Waals surface area contributed by atoms with Crippen LogP contribution in [0.25, 0.3) is 10.9 Å². The summed E-state index contributed by atoms with van der Waals surface area (Å²) in [6.45, 7) is 0. The van der Waals surface area contributed by atoms with E-state index in [0.29, 0.717) is 11.2 Å². The van der Waals surface area contributed by atoms with Gasteiger partial charge in [-0.05, 0) is 36.4 Å². The van der Waals surface area contributed by atoms with E-state index in [1.807, 2.05) is 12.1 Å². The number of nitrogens with zero attached hydrogens (tertiary/aromatic N) is 1. The second-order valence-electron chi connectivity index (χ2n) is 4.91. The molecule has 0 saturated carbocycles. The van der Waals surface area contributed by atoms with Crippen LogP contribution in [0.1, 0.15) is 15.9 Å².